The molecule has 6 heteroatoms. The molecular weight excluding hydrogens is 332 g/mol. The van der Waals surface area contributed by atoms with E-state index in [2.05, 4.69) is 32.9 Å². The van der Waals surface area contributed by atoms with Gasteiger partial charge in [0.1, 0.15) is 0 Å². The number of aryl methyl sites for hydroxylation is 1. The van der Waals surface area contributed by atoms with Gasteiger partial charge in [-0.15, -0.1) is 0 Å². The van der Waals surface area contributed by atoms with Crippen molar-refractivity contribution in [3.05, 3.63) is 41.3 Å². The molecule has 3 rings (SSSR count). The highest BCUT2D eigenvalue weighted by atomic mass is 79.9. The molecule has 0 amide bonds. The van der Waals surface area contributed by atoms with E-state index in [0.717, 1.165) is 28.3 Å². The van der Waals surface area contributed by atoms with E-state index < -0.39 is 0 Å². The van der Waals surface area contributed by atoms with E-state index in [9.17, 15) is 0 Å². The van der Waals surface area contributed by atoms with Gasteiger partial charge in [0.15, 0.2) is 11.5 Å². The van der Waals surface area contributed by atoms with E-state index in [4.69, 9.17) is 10.5 Å². The second-order valence-electron chi connectivity index (χ2n) is 4.75. The van der Waals surface area contributed by atoms with E-state index in [-0.39, 0.29) is 0 Å². The number of fused-ring (bicyclic) bond motifs is 1. The standard InChI is InChI=1S/C15H15BrN4O/c1-2-5-20-9-11(7-19-20)21-15-12-6-10(16)3-4-14(12)18-8-13(15)17/h3-4,6-9H,2,5,17H2,1H3. The van der Waals surface area contributed by atoms with Gasteiger partial charge in [-0.3, -0.25) is 9.67 Å². The number of hydrogen-bond donors (Lipinski definition) is 1. The first-order valence-electron chi connectivity index (χ1n) is 6.71. The number of halogens is 1. The summed E-state index contributed by atoms with van der Waals surface area (Å²) in [7, 11) is 0. The van der Waals surface area contributed by atoms with Crippen LogP contribution in [0, 0.1) is 0 Å². The van der Waals surface area contributed by atoms with Crippen molar-refractivity contribution >= 4 is 32.5 Å². The first-order valence-corrected chi connectivity index (χ1v) is 7.50. The Morgan fingerprint density at radius 2 is 2.19 bits per heavy atom. The predicted octanol–water partition coefficient (Wildman–Crippen LogP) is 3.98. The van der Waals surface area contributed by atoms with Gasteiger partial charge in [-0.2, -0.15) is 5.10 Å². The molecule has 0 unspecified atom stereocenters. The Morgan fingerprint density at radius 1 is 1.33 bits per heavy atom. The minimum atomic E-state index is 0.504. The zero-order chi connectivity index (χ0) is 14.8. The molecule has 1 aromatic carbocycles. The molecule has 0 aliphatic carbocycles. The molecule has 0 aliphatic rings. The van der Waals surface area contributed by atoms with Gasteiger partial charge in [0.05, 0.1) is 29.8 Å². The zero-order valence-electron chi connectivity index (χ0n) is 11.6. The number of pyridine rings is 1. The molecule has 2 N–H and O–H groups in total. The molecule has 108 valence electrons. The van der Waals surface area contributed by atoms with Crippen LogP contribution in [0.4, 0.5) is 5.69 Å². The lowest BCUT2D eigenvalue weighted by atomic mass is 10.2. The molecule has 0 spiro atoms. The van der Waals surface area contributed by atoms with Crippen LogP contribution in [0.3, 0.4) is 0 Å². The molecule has 5 nitrogen and oxygen atoms in total. The number of ether oxygens (including phenoxy) is 1. The van der Waals surface area contributed by atoms with Crippen LogP contribution in [0.5, 0.6) is 11.5 Å². The van der Waals surface area contributed by atoms with E-state index in [1.807, 2.05) is 29.1 Å². The zero-order valence-corrected chi connectivity index (χ0v) is 13.2. The number of hydrogen-bond acceptors (Lipinski definition) is 4. The summed E-state index contributed by atoms with van der Waals surface area (Å²) < 4.78 is 8.74. The van der Waals surface area contributed by atoms with Gasteiger partial charge in [-0.25, -0.2) is 0 Å². The van der Waals surface area contributed by atoms with Gasteiger partial charge >= 0.3 is 0 Å². The Hall–Kier alpha value is -2.08. The van der Waals surface area contributed by atoms with Crippen molar-refractivity contribution < 1.29 is 4.74 Å². The molecule has 3 aromatic rings. The maximum Gasteiger partial charge on any atom is 0.165 e. The number of benzene rings is 1. The molecule has 0 aliphatic heterocycles. The van der Waals surface area contributed by atoms with Crippen molar-refractivity contribution in [2.45, 2.75) is 19.9 Å². The largest absolute Gasteiger partial charge is 0.451 e. The lowest BCUT2D eigenvalue weighted by Crippen LogP contribution is -1.96. The molecule has 0 saturated carbocycles. The third-order valence-corrected chi connectivity index (χ3v) is 3.58. The Kier molecular flexibility index (Phi) is 3.79. The van der Waals surface area contributed by atoms with Gasteiger partial charge in [0.2, 0.25) is 0 Å². The lowest BCUT2D eigenvalue weighted by molar-refractivity contribution is 0.488. The van der Waals surface area contributed by atoms with Gasteiger partial charge in [-0.05, 0) is 24.6 Å². The molecule has 0 radical (unpaired) electrons. The van der Waals surface area contributed by atoms with Gasteiger partial charge in [0.25, 0.3) is 0 Å². The number of rotatable bonds is 4. The fraction of sp³-hybridized carbons (Fsp3) is 0.200. The van der Waals surface area contributed by atoms with E-state index in [1.54, 1.807) is 12.4 Å². The van der Waals surface area contributed by atoms with Crippen LogP contribution in [-0.2, 0) is 6.54 Å². The Bertz CT molecular complexity index is 779. The van der Waals surface area contributed by atoms with Crippen LogP contribution in [0.25, 0.3) is 10.9 Å². The molecule has 0 bridgehead atoms. The third kappa shape index (κ3) is 2.85. The first-order chi connectivity index (χ1) is 10.2. The van der Waals surface area contributed by atoms with Gasteiger partial charge < -0.3 is 10.5 Å². The summed E-state index contributed by atoms with van der Waals surface area (Å²) in [5, 5.41) is 5.12. The van der Waals surface area contributed by atoms with Crippen LogP contribution in [0.1, 0.15) is 13.3 Å². The smallest absolute Gasteiger partial charge is 0.165 e. The van der Waals surface area contributed by atoms with Gasteiger partial charge in [0, 0.05) is 16.4 Å². The normalized spacial score (nSPS) is 11.0. The maximum absolute atomic E-state index is 6.02. The number of nitrogen functional groups attached to an aromatic ring is 1. The number of anilines is 1. The monoisotopic (exact) mass is 346 g/mol. The summed E-state index contributed by atoms with van der Waals surface area (Å²) in [4.78, 5) is 4.31. The van der Waals surface area contributed by atoms with Crippen LogP contribution in [-0.4, -0.2) is 14.8 Å². The molecular formula is C15H15BrN4O. The van der Waals surface area contributed by atoms with E-state index in [0.29, 0.717) is 17.2 Å². The number of aromatic nitrogens is 3. The highest BCUT2D eigenvalue weighted by Gasteiger charge is 2.11. The van der Waals surface area contributed by atoms with Crippen molar-refractivity contribution in [2.75, 3.05) is 5.73 Å². The molecule has 2 heterocycles. The minimum Gasteiger partial charge on any atom is -0.451 e. The SMILES string of the molecule is CCCn1cc(Oc2c(N)cnc3ccc(Br)cc23)cn1. The second-order valence-corrected chi connectivity index (χ2v) is 5.66. The van der Waals surface area contributed by atoms with Crippen LogP contribution in [0.15, 0.2) is 41.3 Å². The third-order valence-electron chi connectivity index (χ3n) is 3.09. The summed E-state index contributed by atoms with van der Waals surface area (Å²) in [6, 6.07) is 5.81. The van der Waals surface area contributed by atoms with Crippen molar-refractivity contribution in [1.29, 1.82) is 0 Å². The quantitative estimate of drug-likeness (QED) is 0.775. The summed E-state index contributed by atoms with van der Waals surface area (Å²) in [6.45, 7) is 2.97. The summed E-state index contributed by atoms with van der Waals surface area (Å²) >= 11 is 3.46. The first kappa shape index (κ1) is 13.9. The predicted molar refractivity (Wildman–Crippen MR) is 86.4 cm³/mol. The summed E-state index contributed by atoms with van der Waals surface area (Å²) in [5.74, 6) is 1.28. The Balaban J connectivity index is 2.02. The second kappa shape index (κ2) is 5.73. The fourth-order valence-corrected chi connectivity index (χ4v) is 2.50. The van der Waals surface area contributed by atoms with E-state index >= 15 is 0 Å². The van der Waals surface area contributed by atoms with Crippen LogP contribution in [0.2, 0.25) is 0 Å². The minimum absolute atomic E-state index is 0.504. The molecule has 21 heavy (non-hydrogen) atoms. The number of nitrogens with zero attached hydrogens (tertiary/aromatic N) is 3. The molecule has 0 fully saturated rings. The van der Waals surface area contributed by atoms with Gasteiger partial charge in [-0.1, -0.05) is 22.9 Å². The fourth-order valence-electron chi connectivity index (χ4n) is 2.14. The summed E-state index contributed by atoms with van der Waals surface area (Å²) in [5.41, 5.74) is 7.36. The highest BCUT2D eigenvalue weighted by Crippen LogP contribution is 2.35. The average Bonchev–Trinajstić information content (AvgIpc) is 2.90. The van der Waals surface area contributed by atoms with Crippen molar-refractivity contribution in [1.82, 2.24) is 14.8 Å². The Morgan fingerprint density at radius 3 is 3.00 bits per heavy atom. The average molecular weight is 347 g/mol. The van der Waals surface area contributed by atoms with Crippen molar-refractivity contribution in [2.24, 2.45) is 0 Å². The van der Waals surface area contributed by atoms with E-state index in [1.165, 1.54) is 0 Å². The molecule has 2 aromatic heterocycles. The highest BCUT2D eigenvalue weighted by molar-refractivity contribution is 9.10. The van der Waals surface area contributed by atoms with Crippen LogP contribution < -0.4 is 10.5 Å². The lowest BCUT2D eigenvalue weighted by Gasteiger charge is -2.10. The van der Waals surface area contributed by atoms with Crippen molar-refractivity contribution in [3.63, 3.8) is 0 Å². The van der Waals surface area contributed by atoms with Crippen LogP contribution >= 0.6 is 15.9 Å². The maximum atomic E-state index is 6.02. The molecule has 0 atom stereocenters. The molecule has 0 saturated heterocycles. The summed E-state index contributed by atoms with van der Waals surface area (Å²) in [6.07, 6.45) is 6.20. The van der Waals surface area contributed by atoms with Crippen molar-refractivity contribution in [3.8, 4) is 11.5 Å². The Labute approximate surface area is 130 Å². The number of nitrogens with two attached hydrogens (primary N) is 1. The topological polar surface area (TPSA) is 66.0 Å².